The van der Waals surface area contributed by atoms with Gasteiger partial charge in [-0.05, 0) is 48.9 Å². The Kier molecular flexibility index (Phi) is 5.54. The molecule has 7 heteroatoms. The van der Waals surface area contributed by atoms with E-state index in [1.54, 1.807) is 43.3 Å². The van der Waals surface area contributed by atoms with E-state index in [1.165, 1.54) is 12.1 Å². The van der Waals surface area contributed by atoms with Crippen molar-refractivity contribution in [2.45, 2.75) is 6.92 Å². The molecule has 0 unspecified atom stereocenters. The molecule has 1 heterocycles. The molecule has 0 atom stereocenters. The van der Waals surface area contributed by atoms with Gasteiger partial charge in [-0.2, -0.15) is 0 Å². The normalized spacial score (nSPS) is 10.6. The monoisotopic (exact) mass is 403 g/mol. The molecule has 3 rings (SSSR count). The highest BCUT2D eigenvalue weighted by molar-refractivity contribution is 6.31. The summed E-state index contributed by atoms with van der Waals surface area (Å²) >= 11 is 11.8. The van der Waals surface area contributed by atoms with E-state index < -0.39 is 17.6 Å². The minimum absolute atomic E-state index is 0.0309. The van der Waals surface area contributed by atoms with E-state index in [1.807, 2.05) is 0 Å². The van der Waals surface area contributed by atoms with Crippen LogP contribution in [0.5, 0.6) is 5.88 Å². The van der Waals surface area contributed by atoms with Gasteiger partial charge in [0, 0.05) is 15.6 Å². The van der Waals surface area contributed by atoms with E-state index in [4.69, 9.17) is 27.9 Å². The number of H-pyrrole nitrogens is 1. The van der Waals surface area contributed by atoms with Gasteiger partial charge >= 0.3 is 5.97 Å². The number of esters is 1. The minimum atomic E-state index is -0.712. The molecule has 0 saturated carbocycles. The summed E-state index contributed by atoms with van der Waals surface area (Å²) in [6.07, 6.45) is 0. The third-order valence-electron chi connectivity index (χ3n) is 3.93. The number of nitrogens with one attached hydrogen (secondary N) is 1. The van der Waals surface area contributed by atoms with E-state index >= 15 is 0 Å². The number of hydrogen-bond acceptors (Lipinski definition) is 4. The van der Waals surface area contributed by atoms with Gasteiger partial charge in [0.15, 0.2) is 5.78 Å². The number of benzene rings is 2. The van der Waals surface area contributed by atoms with Crippen LogP contribution < -0.4 is 0 Å². The van der Waals surface area contributed by atoms with Crippen molar-refractivity contribution >= 4 is 35.0 Å². The molecular formula is C20H15Cl2NO4. The van der Waals surface area contributed by atoms with Crippen LogP contribution in [0.15, 0.2) is 48.5 Å². The first-order valence-corrected chi connectivity index (χ1v) is 8.86. The van der Waals surface area contributed by atoms with Crippen LogP contribution in [0.3, 0.4) is 0 Å². The SMILES string of the molecule is CCOC(=O)c1c(-c2ccc(Cl)cc2)[nH]c(O)c1C(=O)c1ccc(Cl)cc1. The van der Waals surface area contributed by atoms with Gasteiger partial charge in [-0.3, -0.25) is 4.79 Å². The van der Waals surface area contributed by atoms with Crippen LogP contribution in [0, 0.1) is 0 Å². The lowest BCUT2D eigenvalue weighted by Gasteiger charge is -2.07. The Morgan fingerprint density at radius 2 is 1.52 bits per heavy atom. The molecule has 0 aliphatic rings. The standard InChI is InChI=1S/C20H15Cl2NO4/c1-2-27-20(26)15-16(18(24)12-5-9-14(22)10-6-12)19(25)23-17(15)11-3-7-13(21)8-4-11/h3-10,23,25H,2H2,1H3. The van der Waals surface area contributed by atoms with Crippen molar-refractivity contribution in [2.75, 3.05) is 6.61 Å². The molecule has 0 bridgehead atoms. The predicted octanol–water partition coefficient (Wildman–Crippen LogP) is 5.10. The summed E-state index contributed by atoms with van der Waals surface area (Å²) in [6, 6.07) is 12.8. The van der Waals surface area contributed by atoms with Crippen molar-refractivity contribution in [3.8, 4) is 17.1 Å². The lowest BCUT2D eigenvalue weighted by Crippen LogP contribution is -2.12. The molecule has 3 aromatic rings. The van der Waals surface area contributed by atoms with Gasteiger partial charge in [0.2, 0.25) is 5.88 Å². The van der Waals surface area contributed by atoms with Gasteiger partial charge < -0.3 is 14.8 Å². The number of hydrogen-bond donors (Lipinski definition) is 2. The second-order valence-corrected chi connectivity index (χ2v) is 6.53. The van der Waals surface area contributed by atoms with Gasteiger partial charge in [0.25, 0.3) is 0 Å². The molecule has 0 amide bonds. The predicted molar refractivity (Wildman–Crippen MR) is 104 cm³/mol. The third-order valence-corrected chi connectivity index (χ3v) is 4.43. The lowest BCUT2D eigenvalue weighted by atomic mass is 9.98. The Bertz CT molecular complexity index is 992. The van der Waals surface area contributed by atoms with Crippen molar-refractivity contribution in [2.24, 2.45) is 0 Å². The maximum Gasteiger partial charge on any atom is 0.341 e. The number of halogens is 2. The number of ether oxygens (including phenoxy) is 1. The second kappa shape index (κ2) is 7.86. The number of aromatic nitrogens is 1. The molecule has 0 radical (unpaired) electrons. The van der Waals surface area contributed by atoms with Crippen molar-refractivity contribution in [3.05, 3.63) is 75.3 Å². The number of rotatable bonds is 5. The lowest BCUT2D eigenvalue weighted by molar-refractivity contribution is 0.0524. The Labute approximate surface area is 165 Å². The van der Waals surface area contributed by atoms with E-state index in [2.05, 4.69) is 4.98 Å². The number of aromatic amines is 1. The molecule has 0 fully saturated rings. The van der Waals surface area contributed by atoms with Crippen LogP contribution in [-0.2, 0) is 4.74 Å². The molecule has 0 spiro atoms. The Hall–Kier alpha value is -2.76. The third kappa shape index (κ3) is 3.84. The largest absolute Gasteiger partial charge is 0.494 e. The van der Waals surface area contributed by atoms with E-state index in [-0.39, 0.29) is 29.0 Å². The van der Waals surface area contributed by atoms with Crippen molar-refractivity contribution in [1.29, 1.82) is 0 Å². The molecule has 2 N–H and O–H groups in total. The van der Waals surface area contributed by atoms with E-state index in [9.17, 15) is 14.7 Å². The van der Waals surface area contributed by atoms with E-state index in [0.29, 0.717) is 15.6 Å². The molecule has 138 valence electrons. The Balaban J connectivity index is 2.18. The van der Waals surface area contributed by atoms with Crippen LogP contribution in [0.1, 0.15) is 33.2 Å². The summed E-state index contributed by atoms with van der Waals surface area (Å²) < 4.78 is 5.10. The zero-order valence-corrected chi connectivity index (χ0v) is 15.8. The first kappa shape index (κ1) is 19.0. The fourth-order valence-corrected chi connectivity index (χ4v) is 2.95. The number of carbonyl (C=O) groups is 2. The highest BCUT2D eigenvalue weighted by Crippen LogP contribution is 2.34. The summed E-state index contributed by atoms with van der Waals surface area (Å²) in [5.74, 6) is -1.65. The maximum atomic E-state index is 13.0. The number of aromatic hydroxyl groups is 1. The summed E-state index contributed by atoms with van der Waals surface area (Å²) in [5.41, 5.74) is 0.951. The number of ketones is 1. The fraction of sp³-hybridized carbons (Fsp3) is 0.100. The van der Waals surface area contributed by atoms with Crippen LogP contribution in [-0.4, -0.2) is 28.4 Å². The first-order chi connectivity index (χ1) is 12.9. The van der Waals surface area contributed by atoms with Gasteiger partial charge in [0.1, 0.15) is 5.56 Å². The summed E-state index contributed by atoms with van der Waals surface area (Å²) in [5, 5.41) is 11.4. The van der Waals surface area contributed by atoms with Crippen molar-refractivity contribution in [3.63, 3.8) is 0 Å². The van der Waals surface area contributed by atoms with Crippen LogP contribution in [0.2, 0.25) is 10.0 Å². The van der Waals surface area contributed by atoms with Gasteiger partial charge in [-0.25, -0.2) is 4.79 Å². The minimum Gasteiger partial charge on any atom is -0.494 e. The zero-order chi connectivity index (χ0) is 19.6. The topological polar surface area (TPSA) is 79.4 Å². The molecule has 0 aliphatic carbocycles. The number of carbonyl (C=O) groups excluding carboxylic acids is 2. The molecule has 0 aliphatic heterocycles. The molecule has 0 saturated heterocycles. The van der Waals surface area contributed by atoms with Crippen molar-refractivity contribution < 1.29 is 19.4 Å². The van der Waals surface area contributed by atoms with Gasteiger partial charge in [0.05, 0.1) is 17.9 Å². The molecule has 5 nitrogen and oxygen atoms in total. The quantitative estimate of drug-likeness (QED) is 0.458. The fourth-order valence-electron chi connectivity index (χ4n) is 2.69. The van der Waals surface area contributed by atoms with Gasteiger partial charge in [-0.15, -0.1) is 0 Å². The van der Waals surface area contributed by atoms with Crippen molar-refractivity contribution in [1.82, 2.24) is 4.98 Å². The van der Waals surface area contributed by atoms with E-state index in [0.717, 1.165) is 0 Å². The average Bonchev–Trinajstić information content (AvgIpc) is 3.00. The highest BCUT2D eigenvalue weighted by Gasteiger charge is 2.30. The maximum absolute atomic E-state index is 13.0. The molecule has 1 aromatic heterocycles. The summed E-state index contributed by atoms with van der Waals surface area (Å²) in [6.45, 7) is 1.78. The molecular weight excluding hydrogens is 389 g/mol. The van der Waals surface area contributed by atoms with Crippen LogP contribution >= 0.6 is 23.2 Å². The smallest absolute Gasteiger partial charge is 0.341 e. The summed E-state index contributed by atoms with van der Waals surface area (Å²) in [7, 11) is 0. The first-order valence-electron chi connectivity index (χ1n) is 8.10. The van der Waals surface area contributed by atoms with Crippen LogP contribution in [0.25, 0.3) is 11.3 Å². The summed E-state index contributed by atoms with van der Waals surface area (Å²) in [4.78, 5) is 28.2. The molecule has 27 heavy (non-hydrogen) atoms. The highest BCUT2D eigenvalue weighted by atomic mass is 35.5. The molecule has 2 aromatic carbocycles. The Morgan fingerprint density at radius 3 is 2.07 bits per heavy atom. The average molecular weight is 404 g/mol. The zero-order valence-electron chi connectivity index (χ0n) is 14.3. The van der Waals surface area contributed by atoms with Gasteiger partial charge in [-0.1, -0.05) is 35.3 Å². The Morgan fingerprint density at radius 1 is 0.963 bits per heavy atom. The van der Waals surface area contributed by atoms with Crippen LogP contribution in [0.4, 0.5) is 0 Å². The second-order valence-electron chi connectivity index (χ2n) is 5.66.